The second kappa shape index (κ2) is 10.5. The first kappa shape index (κ1) is 24.0. The summed E-state index contributed by atoms with van der Waals surface area (Å²) < 4.78 is 0. The van der Waals surface area contributed by atoms with E-state index < -0.39 is 0 Å². The van der Waals surface area contributed by atoms with Crippen LogP contribution < -0.4 is 15.5 Å². The van der Waals surface area contributed by atoms with Crippen LogP contribution in [0, 0.1) is 0 Å². The van der Waals surface area contributed by atoms with Gasteiger partial charge in [0.1, 0.15) is 0 Å². The highest BCUT2D eigenvalue weighted by molar-refractivity contribution is 6.27. The molecule has 1 saturated heterocycles. The fraction of sp³-hybridized carbons (Fsp3) is 0.345. The summed E-state index contributed by atoms with van der Waals surface area (Å²) in [5.74, 6) is -0.114. The number of amides is 1. The number of benzene rings is 1. The van der Waals surface area contributed by atoms with E-state index in [0.29, 0.717) is 17.8 Å². The molecule has 2 aliphatic rings. The van der Waals surface area contributed by atoms with Crippen molar-refractivity contribution in [1.29, 1.82) is 0 Å². The van der Waals surface area contributed by atoms with Crippen molar-refractivity contribution in [1.82, 2.24) is 14.9 Å². The molecule has 0 radical (unpaired) electrons. The molecule has 7 nitrogen and oxygen atoms in total. The van der Waals surface area contributed by atoms with Gasteiger partial charge >= 0.3 is 0 Å². The number of nitrogens with zero attached hydrogens (tertiary/aromatic N) is 4. The van der Waals surface area contributed by atoms with Crippen molar-refractivity contribution in [2.24, 2.45) is 0 Å². The van der Waals surface area contributed by atoms with Gasteiger partial charge in [0.15, 0.2) is 0 Å². The van der Waals surface area contributed by atoms with Gasteiger partial charge in [-0.1, -0.05) is 6.07 Å². The van der Waals surface area contributed by atoms with Crippen LogP contribution in [0.2, 0.25) is 0 Å². The van der Waals surface area contributed by atoms with Crippen molar-refractivity contribution in [2.45, 2.75) is 32.7 Å². The van der Waals surface area contributed by atoms with Crippen LogP contribution in [0.15, 0.2) is 60.7 Å². The molecule has 2 aromatic heterocycles. The zero-order chi connectivity index (χ0) is 25.1. The Hall–Kier alpha value is -3.71. The number of anilines is 3. The lowest BCUT2D eigenvalue weighted by Crippen LogP contribution is -2.29. The van der Waals surface area contributed by atoms with E-state index in [1.165, 1.54) is 19.3 Å². The van der Waals surface area contributed by atoms with E-state index in [4.69, 9.17) is 0 Å². The maximum Gasteiger partial charge on any atom is 0.256 e. The lowest BCUT2D eigenvalue weighted by Gasteiger charge is -2.28. The number of fused-ring (bicyclic) bond motifs is 1. The van der Waals surface area contributed by atoms with E-state index in [1.807, 2.05) is 45.7 Å². The normalized spacial score (nSPS) is 15.5. The molecule has 36 heavy (non-hydrogen) atoms. The summed E-state index contributed by atoms with van der Waals surface area (Å²) >= 11 is 0. The fourth-order valence-electron chi connectivity index (χ4n) is 5.06. The van der Waals surface area contributed by atoms with Crippen LogP contribution in [0.5, 0.6) is 0 Å². The number of carbonyl (C=O) groups excluding carboxylic acids is 1. The summed E-state index contributed by atoms with van der Waals surface area (Å²) in [7, 11) is 4.03. The number of hydrogen-bond donors (Lipinski definition) is 2. The van der Waals surface area contributed by atoms with Gasteiger partial charge in [-0.05, 0) is 81.2 Å². The topological polar surface area (TPSA) is 73.4 Å². The van der Waals surface area contributed by atoms with Crippen LogP contribution in [0.3, 0.4) is 0 Å². The molecule has 7 heteroatoms. The SMILES string of the molecule is CC1=C(C(=O)Nc2cncc(CN(C)C)c2)c2cc(-c3cncc(N4CCCCC4)c3)ccc2NC1. The monoisotopic (exact) mass is 482 g/mol. The van der Waals surface area contributed by atoms with Gasteiger partial charge in [0.25, 0.3) is 5.91 Å². The van der Waals surface area contributed by atoms with Crippen molar-refractivity contribution >= 4 is 28.5 Å². The van der Waals surface area contributed by atoms with E-state index in [1.54, 1.807) is 6.20 Å². The van der Waals surface area contributed by atoms with Crippen LogP contribution in [0.1, 0.15) is 37.3 Å². The van der Waals surface area contributed by atoms with Gasteiger partial charge in [-0.25, -0.2) is 0 Å². The van der Waals surface area contributed by atoms with Gasteiger partial charge in [-0.3, -0.25) is 14.8 Å². The third kappa shape index (κ3) is 5.26. The minimum atomic E-state index is -0.114. The Balaban J connectivity index is 1.43. The van der Waals surface area contributed by atoms with E-state index in [0.717, 1.165) is 58.8 Å². The zero-order valence-corrected chi connectivity index (χ0v) is 21.3. The van der Waals surface area contributed by atoms with Gasteiger partial charge < -0.3 is 20.4 Å². The maximum atomic E-state index is 13.5. The van der Waals surface area contributed by atoms with Gasteiger partial charge in [0, 0.05) is 61.0 Å². The summed E-state index contributed by atoms with van der Waals surface area (Å²) in [6, 6.07) is 10.5. The summed E-state index contributed by atoms with van der Waals surface area (Å²) in [6.45, 7) is 5.57. The Morgan fingerprint density at radius 1 is 1.00 bits per heavy atom. The molecule has 2 N–H and O–H groups in total. The number of hydrogen-bond acceptors (Lipinski definition) is 6. The van der Waals surface area contributed by atoms with Crippen LogP contribution in [-0.4, -0.2) is 54.5 Å². The maximum absolute atomic E-state index is 13.5. The molecule has 0 spiro atoms. The number of carbonyl (C=O) groups is 1. The summed E-state index contributed by atoms with van der Waals surface area (Å²) in [5, 5.41) is 6.54. The molecule has 1 fully saturated rings. The molecule has 0 saturated carbocycles. The van der Waals surface area contributed by atoms with E-state index in [-0.39, 0.29) is 5.91 Å². The quantitative estimate of drug-likeness (QED) is 0.513. The predicted octanol–water partition coefficient (Wildman–Crippen LogP) is 5.03. The first-order valence-electron chi connectivity index (χ1n) is 12.7. The highest BCUT2D eigenvalue weighted by atomic mass is 16.1. The van der Waals surface area contributed by atoms with Crippen LogP contribution in [0.25, 0.3) is 16.7 Å². The smallest absolute Gasteiger partial charge is 0.256 e. The second-order valence-corrected chi connectivity index (χ2v) is 10.0. The highest BCUT2D eigenvalue weighted by Gasteiger charge is 2.23. The molecule has 4 heterocycles. The Morgan fingerprint density at radius 3 is 2.61 bits per heavy atom. The first-order valence-corrected chi connectivity index (χ1v) is 12.7. The van der Waals surface area contributed by atoms with Gasteiger partial charge in [0.05, 0.1) is 23.8 Å². The Labute approximate surface area is 213 Å². The zero-order valence-electron chi connectivity index (χ0n) is 21.3. The minimum absolute atomic E-state index is 0.114. The molecule has 0 bridgehead atoms. The molecule has 0 unspecified atom stereocenters. The number of pyridine rings is 2. The summed E-state index contributed by atoms with van der Waals surface area (Å²) in [6.07, 6.45) is 11.1. The molecule has 0 atom stereocenters. The molecular weight excluding hydrogens is 448 g/mol. The summed E-state index contributed by atoms with van der Waals surface area (Å²) in [4.78, 5) is 26.9. The first-order chi connectivity index (χ1) is 17.5. The Morgan fingerprint density at radius 2 is 1.81 bits per heavy atom. The Bertz CT molecular complexity index is 1290. The molecule has 3 aromatic rings. The standard InChI is InChI=1S/C29H34N6O/c1-20-14-32-27-8-7-22(23-12-25(18-31-16-23)35-9-5-4-6-10-35)13-26(27)28(20)29(36)33-24-11-21(15-30-17-24)19-34(2)3/h7-8,11-13,15-18,32H,4-6,9-10,14,19H2,1-3H3,(H,33,36). The van der Waals surface area contributed by atoms with Crippen molar-refractivity contribution in [3.8, 4) is 11.1 Å². The third-order valence-electron chi connectivity index (χ3n) is 6.82. The van der Waals surface area contributed by atoms with Gasteiger partial charge in [-0.2, -0.15) is 0 Å². The van der Waals surface area contributed by atoms with Crippen LogP contribution in [-0.2, 0) is 11.3 Å². The van der Waals surface area contributed by atoms with Crippen LogP contribution in [0.4, 0.5) is 17.1 Å². The number of rotatable bonds is 6. The second-order valence-electron chi connectivity index (χ2n) is 10.0. The highest BCUT2D eigenvalue weighted by Crippen LogP contribution is 2.36. The van der Waals surface area contributed by atoms with Crippen LogP contribution >= 0.6 is 0 Å². The lowest BCUT2D eigenvalue weighted by atomic mass is 9.91. The van der Waals surface area contributed by atoms with Crippen molar-refractivity contribution in [3.05, 3.63) is 71.8 Å². The average molecular weight is 483 g/mol. The minimum Gasteiger partial charge on any atom is -0.381 e. The molecule has 1 amide bonds. The number of piperidine rings is 1. The predicted molar refractivity (Wildman–Crippen MR) is 147 cm³/mol. The molecule has 5 rings (SSSR count). The Kier molecular flexibility index (Phi) is 7.00. The van der Waals surface area contributed by atoms with Crippen molar-refractivity contribution in [3.63, 3.8) is 0 Å². The van der Waals surface area contributed by atoms with E-state index in [2.05, 4.69) is 54.7 Å². The van der Waals surface area contributed by atoms with Crippen molar-refractivity contribution in [2.75, 3.05) is 49.3 Å². The van der Waals surface area contributed by atoms with Gasteiger partial charge in [-0.15, -0.1) is 0 Å². The molecule has 186 valence electrons. The fourth-order valence-corrected chi connectivity index (χ4v) is 5.06. The van der Waals surface area contributed by atoms with E-state index in [9.17, 15) is 4.79 Å². The molecular formula is C29H34N6O. The summed E-state index contributed by atoms with van der Waals surface area (Å²) in [5.41, 5.74) is 8.63. The van der Waals surface area contributed by atoms with E-state index >= 15 is 0 Å². The molecule has 2 aliphatic heterocycles. The van der Waals surface area contributed by atoms with Crippen molar-refractivity contribution < 1.29 is 4.79 Å². The number of nitrogens with one attached hydrogen (secondary N) is 2. The molecule has 0 aliphatic carbocycles. The average Bonchev–Trinajstić information content (AvgIpc) is 2.88. The lowest BCUT2D eigenvalue weighted by molar-refractivity contribution is -0.111. The number of aromatic nitrogens is 2. The third-order valence-corrected chi connectivity index (χ3v) is 6.82. The molecule has 1 aromatic carbocycles. The largest absolute Gasteiger partial charge is 0.381 e. The van der Waals surface area contributed by atoms with Gasteiger partial charge in [0.2, 0.25) is 0 Å².